The number of para-hydroxylation sites is 1. The highest BCUT2D eigenvalue weighted by Gasteiger charge is 2.19. The molecule has 2 heterocycles. The van der Waals surface area contributed by atoms with Crippen LogP contribution in [-0.2, 0) is 4.74 Å². The Morgan fingerprint density at radius 1 is 1.22 bits per heavy atom. The van der Waals surface area contributed by atoms with Crippen molar-refractivity contribution >= 4 is 28.4 Å². The number of hydrogen-bond acceptors (Lipinski definition) is 4. The lowest BCUT2D eigenvalue weighted by Gasteiger charge is -2.17. The van der Waals surface area contributed by atoms with Crippen molar-refractivity contribution < 1.29 is 9.53 Å². The first kappa shape index (κ1) is 19.6. The number of hydrogen-bond donors (Lipinski definition) is 0. The van der Waals surface area contributed by atoms with Crippen molar-refractivity contribution in [3.63, 3.8) is 0 Å². The molecule has 0 radical (unpaired) electrons. The fourth-order valence-electron chi connectivity index (χ4n) is 3.66. The van der Waals surface area contributed by atoms with Gasteiger partial charge >= 0.3 is 0 Å². The second-order valence-corrected chi connectivity index (χ2v) is 7.96. The number of nitrogens with zero attached hydrogens (tertiary/aromatic N) is 2. The van der Waals surface area contributed by atoms with Crippen LogP contribution in [0.3, 0.4) is 0 Å². The summed E-state index contributed by atoms with van der Waals surface area (Å²) in [7, 11) is 1.70. The van der Waals surface area contributed by atoms with Crippen LogP contribution in [0.2, 0.25) is 0 Å². The van der Waals surface area contributed by atoms with Gasteiger partial charge < -0.3 is 9.30 Å². The molecule has 0 N–H and O–H groups in total. The molecule has 1 atom stereocenters. The third-order valence-corrected chi connectivity index (χ3v) is 5.80. The van der Waals surface area contributed by atoms with Gasteiger partial charge in [-0.05, 0) is 51.5 Å². The van der Waals surface area contributed by atoms with Gasteiger partial charge in [0.25, 0.3) is 0 Å². The van der Waals surface area contributed by atoms with Crippen LogP contribution in [0, 0.1) is 20.8 Å². The molecule has 2 aromatic heterocycles. The molecule has 5 heteroatoms. The Morgan fingerprint density at radius 2 is 1.96 bits per heavy atom. The number of carbonyl (C=O) groups excluding carboxylic acids is 1. The summed E-state index contributed by atoms with van der Waals surface area (Å²) in [5.41, 5.74) is 5.04. The lowest BCUT2D eigenvalue weighted by Crippen LogP contribution is -2.14. The number of pyridine rings is 1. The van der Waals surface area contributed by atoms with E-state index in [0.29, 0.717) is 12.4 Å². The Kier molecular flexibility index (Phi) is 6.02. The molecule has 27 heavy (non-hydrogen) atoms. The Hall–Kier alpha value is -2.11. The first-order valence-corrected chi connectivity index (χ1v) is 10.1. The number of rotatable bonds is 7. The molecule has 3 aromatic rings. The van der Waals surface area contributed by atoms with E-state index < -0.39 is 0 Å². The van der Waals surface area contributed by atoms with Crippen LogP contribution < -0.4 is 0 Å². The van der Waals surface area contributed by atoms with Crippen LogP contribution in [0.25, 0.3) is 10.9 Å². The summed E-state index contributed by atoms with van der Waals surface area (Å²) >= 11 is 1.50. The Bertz CT molecular complexity index is 978. The van der Waals surface area contributed by atoms with E-state index in [0.717, 1.165) is 32.9 Å². The topological polar surface area (TPSA) is 44.1 Å². The number of aryl methyl sites for hydroxylation is 2. The molecule has 142 valence electrons. The highest BCUT2D eigenvalue weighted by Crippen LogP contribution is 2.26. The van der Waals surface area contributed by atoms with Crippen LogP contribution in [0.5, 0.6) is 0 Å². The minimum atomic E-state index is 0.136. The van der Waals surface area contributed by atoms with Gasteiger partial charge in [0, 0.05) is 29.4 Å². The SMILES string of the molecule is COC[C@@H](C)n1c(C)cc(C(=O)CSc2cc(C)c3ccccc3n2)c1C. The molecule has 4 nitrogen and oxygen atoms in total. The number of methoxy groups -OCH3 is 1. The number of ether oxygens (including phenoxy) is 1. The van der Waals surface area contributed by atoms with E-state index in [1.807, 2.05) is 38.1 Å². The van der Waals surface area contributed by atoms with Gasteiger partial charge in [-0.15, -0.1) is 0 Å². The fraction of sp³-hybridized carbons (Fsp3) is 0.364. The van der Waals surface area contributed by atoms with E-state index in [4.69, 9.17) is 4.74 Å². The molecule has 3 rings (SSSR count). The maximum Gasteiger partial charge on any atom is 0.174 e. The van der Waals surface area contributed by atoms with E-state index in [2.05, 4.69) is 35.5 Å². The van der Waals surface area contributed by atoms with Gasteiger partial charge in [-0.1, -0.05) is 30.0 Å². The predicted octanol–water partition coefficient (Wildman–Crippen LogP) is 5.14. The normalized spacial score (nSPS) is 12.5. The number of ketones is 1. The van der Waals surface area contributed by atoms with Crippen molar-refractivity contribution in [3.05, 3.63) is 58.9 Å². The summed E-state index contributed by atoms with van der Waals surface area (Å²) < 4.78 is 7.45. The molecule has 0 saturated heterocycles. The van der Waals surface area contributed by atoms with Gasteiger partial charge in [0.1, 0.15) is 0 Å². The number of thioether (sulfide) groups is 1. The summed E-state index contributed by atoms with van der Waals surface area (Å²) in [5, 5.41) is 2.05. The number of benzene rings is 1. The Labute approximate surface area is 164 Å². The first-order valence-electron chi connectivity index (χ1n) is 9.12. The minimum Gasteiger partial charge on any atom is -0.383 e. The zero-order valence-corrected chi connectivity index (χ0v) is 17.4. The van der Waals surface area contributed by atoms with Crippen LogP contribution in [0.1, 0.15) is 40.3 Å². The molecule has 0 spiro atoms. The third kappa shape index (κ3) is 4.09. The molecule has 0 aliphatic carbocycles. The summed E-state index contributed by atoms with van der Waals surface area (Å²) in [6.07, 6.45) is 0. The molecule has 1 aromatic carbocycles. The van der Waals surface area contributed by atoms with Gasteiger partial charge in [0.2, 0.25) is 0 Å². The standard InChI is InChI=1S/C22H26N2O2S/c1-14-10-22(23-20-9-7-6-8-18(14)20)27-13-21(25)19-11-15(2)24(17(19)4)16(3)12-26-5/h6-11,16H,12-13H2,1-5H3/t16-/m1/s1. The monoisotopic (exact) mass is 382 g/mol. The number of carbonyl (C=O) groups is 1. The van der Waals surface area contributed by atoms with Crippen molar-refractivity contribution in [1.29, 1.82) is 0 Å². The average molecular weight is 383 g/mol. The lowest BCUT2D eigenvalue weighted by atomic mass is 10.1. The van der Waals surface area contributed by atoms with Crippen LogP contribution in [-0.4, -0.2) is 34.8 Å². The quantitative estimate of drug-likeness (QED) is 0.419. The van der Waals surface area contributed by atoms with Crippen molar-refractivity contribution in [2.45, 2.75) is 38.8 Å². The van der Waals surface area contributed by atoms with Gasteiger partial charge in [-0.3, -0.25) is 4.79 Å². The van der Waals surface area contributed by atoms with Crippen LogP contribution >= 0.6 is 11.8 Å². The van der Waals surface area contributed by atoms with Crippen LogP contribution in [0.4, 0.5) is 0 Å². The van der Waals surface area contributed by atoms with Gasteiger partial charge in [0.05, 0.1) is 28.9 Å². The second-order valence-electron chi connectivity index (χ2n) is 6.97. The predicted molar refractivity (Wildman–Crippen MR) is 112 cm³/mol. The molecule has 0 bridgehead atoms. The lowest BCUT2D eigenvalue weighted by molar-refractivity contribution is 0.102. The van der Waals surface area contributed by atoms with E-state index in [1.54, 1.807) is 7.11 Å². The maximum absolute atomic E-state index is 12.8. The summed E-state index contributed by atoms with van der Waals surface area (Å²) in [6.45, 7) is 8.86. The number of aromatic nitrogens is 2. The van der Waals surface area contributed by atoms with Gasteiger partial charge in [-0.2, -0.15) is 0 Å². The third-order valence-electron chi connectivity index (χ3n) is 4.88. The largest absolute Gasteiger partial charge is 0.383 e. The molecule has 0 aliphatic heterocycles. The molecular formula is C22H26N2O2S. The molecule has 0 amide bonds. The summed E-state index contributed by atoms with van der Waals surface area (Å²) in [4.78, 5) is 17.5. The zero-order valence-electron chi connectivity index (χ0n) is 16.6. The van der Waals surface area contributed by atoms with Gasteiger partial charge in [-0.25, -0.2) is 4.98 Å². The minimum absolute atomic E-state index is 0.136. The zero-order chi connectivity index (χ0) is 19.6. The number of fused-ring (bicyclic) bond motifs is 1. The second kappa shape index (κ2) is 8.28. The van der Waals surface area contributed by atoms with E-state index in [1.165, 1.54) is 17.3 Å². The average Bonchev–Trinajstić information content (AvgIpc) is 2.94. The highest BCUT2D eigenvalue weighted by molar-refractivity contribution is 7.99. The molecular weight excluding hydrogens is 356 g/mol. The molecule has 0 saturated carbocycles. The van der Waals surface area contributed by atoms with Gasteiger partial charge in [0.15, 0.2) is 5.78 Å². The van der Waals surface area contributed by atoms with Crippen LogP contribution in [0.15, 0.2) is 41.4 Å². The van der Waals surface area contributed by atoms with Crippen molar-refractivity contribution in [2.75, 3.05) is 19.5 Å². The van der Waals surface area contributed by atoms with Crippen molar-refractivity contribution in [3.8, 4) is 0 Å². The smallest absolute Gasteiger partial charge is 0.174 e. The summed E-state index contributed by atoms with van der Waals surface area (Å²) in [5.74, 6) is 0.518. The highest BCUT2D eigenvalue weighted by atomic mass is 32.2. The van der Waals surface area contributed by atoms with E-state index in [-0.39, 0.29) is 11.8 Å². The Morgan fingerprint density at radius 3 is 2.70 bits per heavy atom. The van der Waals surface area contributed by atoms with E-state index in [9.17, 15) is 4.79 Å². The summed E-state index contributed by atoms with van der Waals surface area (Å²) in [6, 6.07) is 12.4. The Balaban J connectivity index is 1.78. The first-order chi connectivity index (χ1) is 12.9. The fourth-order valence-corrected chi connectivity index (χ4v) is 4.52. The van der Waals surface area contributed by atoms with Crippen molar-refractivity contribution in [2.24, 2.45) is 0 Å². The van der Waals surface area contributed by atoms with Crippen molar-refractivity contribution in [1.82, 2.24) is 9.55 Å². The molecule has 0 fully saturated rings. The molecule has 0 aliphatic rings. The number of Topliss-reactive ketones (excluding diaryl/α,β-unsaturated/α-hetero) is 1. The van der Waals surface area contributed by atoms with E-state index >= 15 is 0 Å². The maximum atomic E-state index is 12.8. The molecule has 0 unspecified atom stereocenters.